The van der Waals surface area contributed by atoms with Crippen LogP contribution in [0.25, 0.3) is 0 Å². The number of rotatable bonds is 4. The van der Waals surface area contributed by atoms with Crippen molar-refractivity contribution < 1.29 is 4.74 Å². The third-order valence-electron chi connectivity index (χ3n) is 4.31. The maximum absolute atomic E-state index is 5.22. The van der Waals surface area contributed by atoms with E-state index in [1.807, 2.05) is 0 Å². The van der Waals surface area contributed by atoms with E-state index in [4.69, 9.17) is 4.74 Å². The van der Waals surface area contributed by atoms with E-state index in [-0.39, 0.29) is 5.54 Å². The fraction of sp³-hybridized carbons (Fsp3) is 0.625. The molecular weight excluding hydrogens is 222 g/mol. The molecule has 1 aromatic rings. The minimum atomic E-state index is 0.285. The molecule has 1 N–H and O–H groups in total. The van der Waals surface area contributed by atoms with Crippen molar-refractivity contribution in [3.8, 4) is 5.75 Å². The Kier molecular flexibility index (Phi) is 4.28. The SMILES string of the molecule is COc1ccc(CC2(C(C)C)CCCCN2)cc1. The van der Waals surface area contributed by atoms with E-state index in [0.717, 1.165) is 18.7 Å². The first-order valence-corrected chi connectivity index (χ1v) is 7.04. The average molecular weight is 247 g/mol. The maximum Gasteiger partial charge on any atom is 0.118 e. The number of methoxy groups -OCH3 is 1. The second-order valence-corrected chi connectivity index (χ2v) is 5.72. The number of benzene rings is 1. The summed E-state index contributed by atoms with van der Waals surface area (Å²) in [5, 5.41) is 3.78. The fourth-order valence-corrected chi connectivity index (χ4v) is 2.95. The Morgan fingerprint density at radius 3 is 2.44 bits per heavy atom. The van der Waals surface area contributed by atoms with Gasteiger partial charge in [-0.2, -0.15) is 0 Å². The van der Waals surface area contributed by atoms with Crippen LogP contribution in [0, 0.1) is 5.92 Å². The molecule has 18 heavy (non-hydrogen) atoms. The summed E-state index contributed by atoms with van der Waals surface area (Å²) in [7, 11) is 1.72. The summed E-state index contributed by atoms with van der Waals surface area (Å²) in [5.41, 5.74) is 1.69. The zero-order valence-corrected chi connectivity index (χ0v) is 11.8. The first kappa shape index (κ1) is 13.4. The topological polar surface area (TPSA) is 21.3 Å². The lowest BCUT2D eigenvalue weighted by Crippen LogP contribution is -2.54. The second-order valence-electron chi connectivity index (χ2n) is 5.72. The van der Waals surface area contributed by atoms with Crippen molar-refractivity contribution >= 4 is 0 Å². The van der Waals surface area contributed by atoms with Crippen LogP contribution in [0.1, 0.15) is 38.7 Å². The Labute approximate surface area is 111 Å². The molecule has 1 unspecified atom stereocenters. The van der Waals surface area contributed by atoms with Gasteiger partial charge >= 0.3 is 0 Å². The van der Waals surface area contributed by atoms with Gasteiger partial charge in [-0.1, -0.05) is 32.4 Å². The van der Waals surface area contributed by atoms with E-state index < -0.39 is 0 Å². The predicted molar refractivity (Wildman–Crippen MR) is 76.1 cm³/mol. The third kappa shape index (κ3) is 2.86. The van der Waals surface area contributed by atoms with Gasteiger partial charge in [0.25, 0.3) is 0 Å². The molecule has 1 aromatic carbocycles. The van der Waals surface area contributed by atoms with Crippen LogP contribution in [0.5, 0.6) is 5.75 Å². The molecule has 0 saturated carbocycles. The molecule has 1 saturated heterocycles. The molecule has 0 radical (unpaired) electrons. The fourth-order valence-electron chi connectivity index (χ4n) is 2.95. The average Bonchev–Trinajstić information content (AvgIpc) is 2.40. The Morgan fingerprint density at radius 1 is 1.22 bits per heavy atom. The molecule has 0 aromatic heterocycles. The van der Waals surface area contributed by atoms with Crippen LogP contribution in [0.3, 0.4) is 0 Å². The molecule has 100 valence electrons. The van der Waals surface area contributed by atoms with Crippen LogP contribution in [-0.4, -0.2) is 19.2 Å². The quantitative estimate of drug-likeness (QED) is 0.880. The van der Waals surface area contributed by atoms with Gasteiger partial charge in [0.1, 0.15) is 5.75 Å². The van der Waals surface area contributed by atoms with Gasteiger partial charge in [-0.05, 0) is 49.4 Å². The van der Waals surface area contributed by atoms with Crippen molar-refractivity contribution in [1.29, 1.82) is 0 Å². The third-order valence-corrected chi connectivity index (χ3v) is 4.31. The molecule has 1 aliphatic heterocycles. The Bertz CT molecular complexity index is 363. The number of piperidine rings is 1. The maximum atomic E-state index is 5.22. The summed E-state index contributed by atoms with van der Waals surface area (Å²) >= 11 is 0. The molecule has 1 heterocycles. The summed E-state index contributed by atoms with van der Waals surface area (Å²) in [6, 6.07) is 8.51. The van der Waals surface area contributed by atoms with E-state index in [0.29, 0.717) is 5.92 Å². The van der Waals surface area contributed by atoms with Gasteiger partial charge in [0.05, 0.1) is 7.11 Å². The lowest BCUT2D eigenvalue weighted by Gasteiger charge is -2.42. The highest BCUT2D eigenvalue weighted by molar-refractivity contribution is 5.28. The lowest BCUT2D eigenvalue weighted by atomic mass is 9.75. The minimum absolute atomic E-state index is 0.285. The van der Waals surface area contributed by atoms with Gasteiger partial charge in [-0.15, -0.1) is 0 Å². The van der Waals surface area contributed by atoms with Gasteiger partial charge in [0.2, 0.25) is 0 Å². The molecule has 1 aliphatic rings. The first-order valence-electron chi connectivity index (χ1n) is 7.04. The first-order chi connectivity index (χ1) is 8.66. The summed E-state index contributed by atoms with van der Waals surface area (Å²) in [6.45, 7) is 5.83. The summed E-state index contributed by atoms with van der Waals surface area (Å²) in [5.74, 6) is 1.61. The number of ether oxygens (including phenoxy) is 1. The van der Waals surface area contributed by atoms with Crippen molar-refractivity contribution in [3.63, 3.8) is 0 Å². The van der Waals surface area contributed by atoms with Crippen LogP contribution in [-0.2, 0) is 6.42 Å². The second kappa shape index (κ2) is 5.75. The molecule has 0 bridgehead atoms. The smallest absolute Gasteiger partial charge is 0.118 e. The van der Waals surface area contributed by atoms with E-state index in [9.17, 15) is 0 Å². The molecule has 1 fully saturated rings. The van der Waals surface area contributed by atoms with E-state index in [2.05, 4.69) is 43.4 Å². The van der Waals surface area contributed by atoms with Crippen LogP contribution in [0.15, 0.2) is 24.3 Å². The van der Waals surface area contributed by atoms with Gasteiger partial charge in [0, 0.05) is 5.54 Å². The molecule has 2 nitrogen and oxygen atoms in total. The van der Waals surface area contributed by atoms with Crippen molar-refractivity contribution in [2.45, 2.75) is 45.1 Å². The Balaban J connectivity index is 2.12. The van der Waals surface area contributed by atoms with Crippen LogP contribution in [0.2, 0.25) is 0 Å². The van der Waals surface area contributed by atoms with Crippen LogP contribution >= 0.6 is 0 Å². The van der Waals surface area contributed by atoms with E-state index in [1.54, 1.807) is 7.11 Å². The monoisotopic (exact) mass is 247 g/mol. The molecule has 0 aliphatic carbocycles. The van der Waals surface area contributed by atoms with Gasteiger partial charge < -0.3 is 10.1 Å². The minimum Gasteiger partial charge on any atom is -0.497 e. The van der Waals surface area contributed by atoms with Crippen molar-refractivity contribution in [2.24, 2.45) is 5.92 Å². The lowest BCUT2D eigenvalue weighted by molar-refractivity contribution is 0.182. The van der Waals surface area contributed by atoms with E-state index in [1.165, 1.54) is 24.8 Å². The molecule has 0 spiro atoms. The van der Waals surface area contributed by atoms with Crippen molar-refractivity contribution in [2.75, 3.05) is 13.7 Å². The number of hydrogen-bond donors (Lipinski definition) is 1. The molecule has 2 rings (SSSR count). The highest BCUT2D eigenvalue weighted by Gasteiger charge is 2.34. The predicted octanol–water partition coefficient (Wildman–Crippen LogP) is 3.41. The summed E-state index contributed by atoms with van der Waals surface area (Å²) in [6.07, 6.45) is 5.07. The largest absolute Gasteiger partial charge is 0.497 e. The summed E-state index contributed by atoms with van der Waals surface area (Å²) in [4.78, 5) is 0. The Morgan fingerprint density at radius 2 is 1.94 bits per heavy atom. The highest BCUT2D eigenvalue weighted by Crippen LogP contribution is 2.31. The molecular formula is C16H25NO. The highest BCUT2D eigenvalue weighted by atomic mass is 16.5. The number of nitrogens with one attached hydrogen (secondary N) is 1. The summed E-state index contributed by atoms with van der Waals surface area (Å²) < 4.78 is 5.22. The molecule has 2 heteroatoms. The molecule has 0 amide bonds. The zero-order chi connectivity index (χ0) is 13.0. The Hall–Kier alpha value is -1.02. The van der Waals surface area contributed by atoms with Crippen LogP contribution < -0.4 is 10.1 Å². The molecule has 1 atom stereocenters. The van der Waals surface area contributed by atoms with E-state index >= 15 is 0 Å². The standard InChI is InChI=1S/C16H25NO/c1-13(2)16(10-4-5-11-17-16)12-14-6-8-15(18-3)9-7-14/h6-9,13,17H,4-5,10-12H2,1-3H3. The van der Waals surface area contributed by atoms with Crippen molar-refractivity contribution in [1.82, 2.24) is 5.32 Å². The zero-order valence-electron chi connectivity index (χ0n) is 11.8. The van der Waals surface area contributed by atoms with Gasteiger partial charge in [-0.3, -0.25) is 0 Å². The van der Waals surface area contributed by atoms with Crippen LogP contribution in [0.4, 0.5) is 0 Å². The normalized spacial score (nSPS) is 24.2. The van der Waals surface area contributed by atoms with Gasteiger partial charge in [-0.25, -0.2) is 0 Å². The number of hydrogen-bond acceptors (Lipinski definition) is 2. The van der Waals surface area contributed by atoms with Gasteiger partial charge in [0.15, 0.2) is 0 Å². The van der Waals surface area contributed by atoms with Crippen molar-refractivity contribution in [3.05, 3.63) is 29.8 Å².